The summed E-state index contributed by atoms with van der Waals surface area (Å²) < 4.78 is 0. The maximum absolute atomic E-state index is 14.0. The lowest BCUT2D eigenvalue weighted by Crippen LogP contribution is -2.39. The molecule has 8 rings (SSSR count). The Morgan fingerprint density at radius 3 is 1.13 bits per heavy atom. The van der Waals surface area contributed by atoms with Crippen molar-refractivity contribution in [2.24, 2.45) is 0 Å². The van der Waals surface area contributed by atoms with E-state index in [1.54, 1.807) is 9.80 Å². The van der Waals surface area contributed by atoms with Crippen molar-refractivity contribution in [3.8, 4) is 0 Å². The third-order valence-electron chi connectivity index (χ3n) is 8.31. The van der Waals surface area contributed by atoms with E-state index in [0.29, 0.717) is 0 Å². The van der Waals surface area contributed by atoms with Gasteiger partial charge in [0.25, 0.3) is 0 Å². The molecule has 180 valence electrons. The van der Waals surface area contributed by atoms with E-state index in [2.05, 4.69) is 109 Å². The Labute approximate surface area is 219 Å². The van der Waals surface area contributed by atoms with Crippen LogP contribution in [0.15, 0.2) is 109 Å². The Kier molecular flexibility index (Phi) is 4.22. The second-order valence-electron chi connectivity index (χ2n) is 10.3. The standard InChI is InChI=1S/C35H24N2O/c1-36(29-19-15-25-11-9-21-5-3-7-23-13-17-27(29)33(25)31(21)23)35(38)37(2)30-20-16-26-12-10-22-6-4-8-24-14-18-28(30)34(26)32(22)24/h3-20H,1-2H3. The largest absolute Gasteiger partial charge is 0.328 e. The van der Waals surface area contributed by atoms with Crippen LogP contribution in [0.1, 0.15) is 0 Å². The van der Waals surface area contributed by atoms with Crippen molar-refractivity contribution in [1.29, 1.82) is 0 Å². The van der Waals surface area contributed by atoms with Crippen molar-refractivity contribution in [2.75, 3.05) is 23.9 Å². The van der Waals surface area contributed by atoms with Crippen LogP contribution in [0, 0.1) is 0 Å². The quantitative estimate of drug-likeness (QED) is 0.223. The summed E-state index contributed by atoms with van der Waals surface area (Å²) in [6.45, 7) is 0. The van der Waals surface area contributed by atoms with Gasteiger partial charge in [-0.15, -0.1) is 0 Å². The Morgan fingerprint density at radius 2 is 0.737 bits per heavy atom. The van der Waals surface area contributed by atoms with Gasteiger partial charge in [-0.25, -0.2) is 4.79 Å². The SMILES string of the molecule is CN(C(=O)N(C)c1ccc2ccc3cccc4ccc1c2c34)c1ccc2ccc3cccc4ccc1c2c34. The minimum atomic E-state index is -0.0740. The van der Waals surface area contributed by atoms with E-state index in [0.717, 1.165) is 22.1 Å². The molecule has 0 saturated carbocycles. The van der Waals surface area contributed by atoms with Crippen LogP contribution in [-0.4, -0.2) is 20.1 Å². The summed E-state index contributed by atoms with van der Waals surface area (Å²) in [5, 5.41) is 14.4. The number of amides is 2. The van der Waals surface area contributed by atoms with Crippen molar-refractivity contribution in [2.45, 2.75) is 0 Å². The second-order valence-corrected chi connectivity index (χ2v) is 10.3. The molecule has 0 heterocycles. The van der Waals surface area contributed by atoms with Gasteiger partial charge >= 0.3 is 6.03 Å². The molecule has 0 atom stereocenters. The number of urea groups is 1. The highest BCUT2D eigenvalue weighted by atomic mass is 16.2. The normalized spacial score (nSPS) is 12.1. The smallest absolute Gasteiger partial charge is 0.296 e. The first kappa shape index (κ1) is 21.2. The Hall–Kier alpha value is -4.89. The fraction of sp³-hybridized carbons (Fsp3) is 0.0571. The van der Waals surface area contributed by atoms with Gasteiger partial charge in [0, 0.05) is 24.9 Å². The summed E-state index contributed by atoms with van der Waals surface area (Å²) in [5.74, 6) is 0. The Balaban J connectivity index is 1.28. The van der Waals surface area contributed by atoms with Gasteiger partial charge in [-0.2, -0.15) is 0 Å². The van der Waals surface area contributed by atoms with E-state index < -0.39 is 0 Å². The van der Waals surface area contributed by atoms with Gasteiger partial charge in [-0.3, -0.25) is 9.80 Å². The number of nitrogens with zero attached hydrogens (tertiary/aromatic N) is 2. The first-order valence-electron chi connectivity index (χ1n) is 12.9. The molecule has 0 N–H and O–H groups in total. The molecule has 8 aromatic rings. The first-order chi connectivity index (χ1) is 18.6. The van der Waals surface area contributed by atoms with Crippen molar-refractivity contribution < 1.29 is 4.79 Å². The summed E-state index contributed by atoms with van der Waals surface area (Å²) in [6, 6.07) is 38.5. The first-order valence-corrected chi connectivity index (χ1v) is 12.9. The molecule has 38 heavy (non-hydrogen) atoms. The van der Waals surface area contributed by atoms with Crippen LogP contribution in [0.5, 0.6) is 0 Å². The van der Waals surface area contributed by atoms with Crippen LogP contribution in [0.2, 0.25) is 0 Å². The van der Waals surface area contributed by atoms with E-state index in [-0.39, 0.29) is 6.03 Å². The molecule has 0 aliphatic rings. The minimum Gasteiger partial charge on any atom is -0.296 e. The van der Waals surface area contributed by atoms with E-state index in [9.17, 15) is 4.79 Å². The van der Waals surface area contributed by atoms with Gasteiger partial charge in [0.2, 0.25) is 0 Å². The topological polar surface area (TPSA) is 23.6 Å². The molecule has 0 radical (unpaired) electrons. The van der Waals surface area contributed by atoms with E-state index in [4.69, 9.17) is 0 Å². The molecule has 0 aromatic heterocycles. The molecule has 3 nitrogen and oxygen atoms in total. The number of hydrogen-bond acceptors (Lipinski definition) is 1. The molecule has 0 bridgehead atoms. The lowest BCUT2D eigenvalue weighted by molar-refractivity contribution is 0.254. The van der Waals surface area contributed by atoms with E-state index >= 15 is 0 Å². The fourth-order valence-electron chi connectivity index (χ4n) is 6.46. The van der Waals surface area contributed by atoms with Crippen LogP contribution in [0.3, 0.4) is 0 Å². The molecule has 0 aliphatic heterocycles. The van der Waals surface area contributed by atoms with Crippen LogP contribution in [0.4, 0.5) is 16.2 Å². The molecule has 2 amide bonds. The Bertz CT molecular complexity index is 2010. The maximum Gasteiger partial charge on any atom is 0.328 e. The number of benzene rings is 8. The van der Waals surface area contributed by atoms with Crippen molar-refractivity contribution in [3.63, 3.8) is 0 Å². The average molecular weight is 489 g/mol. The van der Waals surface area contributed by atoms with Crippen molar-refractivity contribution in [1.82, 2.24) is 0 Å². The molecule has 0 aliphatic carbocycles. The van der Waals surface area contributed by atoms with Crippen LogP contribution >= 0.6 is 0 Å². The molecule has 0 fully saturated rings. The number of anilines is 2. The van der Waals surface area contributed by atoms with E-state index in [1.165, 1.54) is 53.9 Å². The van der Waals surface area contributed by atoms with Crippen LogP contribution in [-0.2, 0) is 0 Å². The van der Waals surface area contributed by atoms with E-state index in [1.807, 2.05) is 14.1 Å². The molecule has 0 saturated heterocycles. The van der Waals surface area contributed by atoms with Crippen LogP contribution in [0.25, 0.3) is 64.6 Å². The number of rotatable bonds is 2. The van der Waals surface area contributed by atoms with Gasteiger partial charge in [-0.1, -0.05) is 97.1 Å². The average Bonchev–Trinajstić information content (AvgIpc) is 2.97. The van der Waals surface area contributed by atoms with Crippen molar-refractivity contribution in [3.05, 3.63) is 109 Å². The maximum atomic E-state index is 14.0. The summed E-state index contributed by atoms with van der Waals surface area (Å²) in [5.41, 5.74) is 1.82. The van der Waals surface area contributed by atoms with Crippen molar-refractivity contribution >= 4 is 82.0 Å². The zero-order chi connectivity index (χ0) is 25.5. The van der Waals surface area contributed by atoms with Gasteiger partial charge in [0.1, 0.15) is 0 Å². The highest BCUT2D eigenvalue weighted by molar-refractivity contribution is 6.28. The summed E-state index contributed by atoms with van der Waals surface area (Å²) >= 11 is 0. The highest BCUT2D eigenvalue weighted by Crippen LogP contribution is 2.41. The third-order valence-corrected chi connectivity index (χ3v) is 8.31. The zero-order valence-electron chi connectivity index (χ0n) is 21.2. The summed E-state index contributed by atoms with van der Waals surface area (Å²) in [7, 11) is 3.75. The molecule has 3 heteroatoms. The monoisotopic (exact) mass is 488 g/mol. The molecule has 0 spiro atoms. The number of carbonyl (C=O) groups is 1. The fourth-order valence-corrected chi connectivity index (χ4v) is 6.46. The lowest BCUT2D eigenvalue weighted by atomic mass is 9.93. The van der Waals surface area contributed by atoms with Gasteiger partial charge in [0.15, 0.2) is 0 Å². The molecule has 0 unspecified atom stereocenters. The summed E-state index contributed by atoms with van der Waals surface area (Å²) in [4.78, 5) is 17.6. The van der Waals surface area contributed by atoms with Gasteiger partial charge in [0.05, 0.1) is 11.4 Å². The molecular weight excluding hydrogens is 464 g/mol. The third kappa shape index (κ3) is 2.76. The number of carbonyl (C=O) groups excluding carboxylic acids is 1. The second kappa shape index (κ2) is 7.56. The zero-order valence-corrected chi connectivity index (χ0v) is 21.2. The Morgan fingerprint density at radius 1 is 0.421 bits per heavy atom. The predicted octanol–water partition coefficient (Wildman–Crippen LogP) is 9.17. The minimum absolute atomic E-state index is 0.0740. The van der Waals surface area contributed by atoms with Gasteiger partial charge < -0.3 is 0 Å². The molecule has 8 aromatic carbocycles. The number of hydrogen-bond donors (Lipinski definition) is 0. The molecular formula is C35H24N2O. The lowest BCUT2D eigenvalue weighted by Gasteiger charge is -2.28. The van der Waals surface area contributed by atoms with Crippen LogP contribution < -0.4 is 9.80 Å². The highest BCUT2D eigenvalue weighted by Gasteiger charge is 2.23. The summed E-state index contributed by atoms with van der Waals surface area (Å²) in [6.07, 6.45) is 0. The van der Waals surface area contributed by atoms with Gasteiger partial charge in [-0.05, 0) is 66.0 Å². The predicted molar refractivity (Wildman–Crippen MR) is 162 cm³/mol.